The average molecular weight is 454 g/mol. The molecule has 0 bridgehead atoms. The lowest BCUT2D eigenvalue weighted by Crippen LogP contribution is -2.12. The number of ether oxygens (including phenoxy) is 2. The number of rotatable bonds is 8. The molecular weight excluding hydrogens is 433 g/mol. The van der Waals surface area contributed by atoms with Crippen molar-refractivity contribution in [1.82, 2.24) is 9.55 Å². The molecule has 8 nitrogen and oxygen atoms in total. The summed E-state index contributed by atoms with van der Waals surface area (Å²) >= 11 is 12.5. The van der Waals surface area contributed by atoms with Crippen LogP contribution in [-0.2, 0) is 6.54 Å². The number of imidazole rings is 1. The van der Waals surface area contributed by atoms with E-state index in [2.05, 4.69) is 4.98 Å². The highest BCUT2D eigenvalue weighted by atomic mass is 35.5. The van der Waals surface area contributed by atoms with Crippen molar-refractivity contribution in [2.24, 2.45) is 0 Å². The number of methoxy groups -OCH3 is 1. The molecule has 0 aliphatic rings. The van der Waals surface area contributed by atoms with E-state index < -0.39 is 5.09 Å². The van der Waals surface area contributed by atoms with Gasteiger partial charge in [0.15, 0.2) is 0 Å². The van der Waals surface area contributed by atoms with Crippen molar-refractivity contribution in [3.05, 3.63) is 86.9 Å². The molecule has 0 spiro atoms. The van der Waals surface area contributed by atoms with Gasteiger partial charge in [0.05, 0.1) is 20.0 Å². The fraction of sp³-hybridized carbons (Fsp3) is 0.250. The molecule has 0 saturated heterocycles. The van der Waals surface area contributed by atoms with Crippen LogP contribution in [0.15, 0.2) is 61.2 Å². The summed E-state index contributed by atoms with van der Waals surface area (Å²) < 4.78 is 13.1. The van der Waals surface area contributed by atoms with E-state index in [1.807, 2.05) is 47.2 Å². The van der Waals surface area contributed by atoms with Crippen LogP contribution in [0.2, 0.25) is 10.0 Å². The van der Waals surface area contributed by atoms with E-state index in [1.165, 1.54) is 0 Å². The zero-order valence-electron chi connectivity index (χ0n) is 16.1. The molecule has 2 aromatic carbocycles. The highest BCUT2D eigenvalue weighted by Crippen LogP contribution is 2.31. The summed E-state index contributed by atoms with van der Waals surface area (Å²) in [5.41, 5.74) is 1.06. The van der Waals surface area contributed by atoms with Gasteiger partial charge in [-0.15, -0.1) is 10.1 Å². The molecule has 0 aliphatic carbocycles. The van der Waals surface area contributed by atoms with Crippen LogP contribution in [0.1, 0.15) is 17.9 Å². The summed E-state index contributed by atoms with van der Waals surface area (Å²) in [6.07, 6.45) is 6.34. The Kier molecular flexibility index (Phi) is 9.24. The van der Waals surface area contributed by atoms with Crippen LogP contribution in [0.5, 0.6) is 11.5 Å². The summed E-state index contributed by atoms with van der Waals surface area (Å²) in [6.45, 7) is 1.35. The summed E-state index contributed by atoms with van der Waals surface area (Å²) in [5, 5.41) is 14.9. The van der Waals surface area contributed by atoms with Gasteiger partial charge in [0, 0.05) is 34.9 Å². The number of benzene rings is 2. The predicted octanol–water partition coefficient (Wildman–Crippen LogP) is 5.10. The average Bonchev–Trinajstić information content (AvgIpc) is 3.21. The number of aromatic nitrogens is 2. The molecule has 0 fully saturated rings. The minimum atomic E-state index is -1.50. The molecule has 0 radical (unpaired) electrons. The third-order valence-electron chi connectivity index (χ3n) is 4.19. The molecule has 1 N–H and O–H groups in total. The van der Waals surface area contributed by atoms with E-state index in [9.17, 15) is 0 Å². The molecule has 1 aromatic heterocycles. The standard InChI is InChI=1S/C20H20Cl2N2O2.HNO3/c1-25-17-3-5-18(6-4-17)26-11-8-15(13-24-10-9-23-14-24)19-7-2-16(21)12-20(19)22;2-1(3)4/h2-7,9-10,12,14-15H,8,11,13H2,1H3;(H,2,3,4). The molecular formula is C20H21Cl2N3O5. The molecule has 3 rings (SSSR count). The number of hydrogen-bond acceptors (Lipinski definition) is 5. The van der Waals surface area contributed by atoms with Crippen molar-refractivity contribution < 1.29 is 19.8 Å². The van der Waals surface area contributed by atoms with Crippen molar-refractivity contribution in [2.45, 2.75) is 18.9 Å². The Labute approximate surface area is 183 Å². The van der Waals surface area contributed by atoms with Gasteiger partial charge in [0.25, 0.3) is 5.09 Å². The lowest BCUT2D eigenvalue weighted by atomic mass is 9.95. The minimum Gasteiger partial charge on any atom is -0.497 e. The maximum Gasteiger partial charge on any atom is 0.291 e. The van der Waals surface area contributed by atoms with Crippen molar-refractivity contribution >= 4 is 23.2 Å². The van der Waals surface area contributed by atoms with Crippen LogP contribution in [0.3, 0.4) is 0 Å². The van der Waals surface area contributed by atoms with Gasteiger partial charge in [-0.2, -0.15) is 0 Å². The predicted molar refractivity (Wildman–Crippen MR) is 113 cm³/mol. The molecule has 3 aromatic rings. The smallest absolute Gasteiger partial charge is 0.291 e. The lowest BCUT2D eigenvalue weighted by Gasteiger charge is -2.20. The highest BCUT2D eigenvalue weighted by molar-refractivity contribution is 6.35. The number of hydrogen-bond donors (Lipinski definition) is 1. The Morgan fingerprint density at radius 1 is 1.20 bits per heavy atom. The van der Waals surface area contributed by atoms with Crippen molar-refractivity contribution in [3.63, 3.8) is 0 Å². The first-order valence-corrected chi connectivity index (χ1v) is 9.65. The molecule has 0 saturated carbocycles. The summed E-state index contributed by atoms with van der Waals surface area (Å²) in [6, 6.07) is 13.2. The van der Waals surface area contributed by atoms with Crippen molar-refractivity contribution in [3.8, 4) is 11.5 Å². The monoisotopic (exact) mass is 453 g/mol. The molecule has 1 atom stereocenters. The van der Waals surface area contributed by atoms with Crippen LogP contribution < -0.4 is 9.47 Å². The van der Waals surface area contributed by atoms with Gasteiger partial charge in [0.1, 0.15) is 11.5 Å². The zero-order valence-corrected chi connectivity index (χ0v) is 17.7. The van der Waals surface area contributed by atoms with Gasteiger partial charge in [0.2, 0.25) is 0 Å². The normalized spacial score (nSPS) is 11.2. The lowest BCUT2D eigenvalue weighted by molar-refractivity contribution is -0.742. The van der Waals surface area contributed by atoms with Gasteiger partial charge in [-0.3, -0.25) is 0 Å². The first kappa shape index (κ1) is 23.3. The largest absolute Gasteiger partial charge is 0.497 e. The van der Waals surface area contributed by atoms with Crippen molar-refractivity contribution in [1.29, 1.82) is 0 Å². The third kappa shape index (κ3) is 7.81. The molecule has 30 heavy (non-hydrogen) atoms. The van der Waals surface area contributed by atoms with Crippen molar-refractivity contribution in [2.75, 3.05) is 13.7 Å². The van der Waals surface area contributed by atoms with Crippen LogP contribution in [-0.4, -0.2) is 33.6 Å². The van der Waals surface area contributed by atoms with Crippen LogP contribution in [0, 0.1) is 10.1 Å². The second-order valence-corrected chi connectivity index (χ2v) is 7.02. The van der Waals surface area contributed by atoms with Crippen LogP contribution in [0.4, 0.5) is 0 Å². The van der Waals surface area contributed by atoms with E-state index in [4.69, 9.17) is 48.0 Å². The van der Waals surface area contributed by atoms with Crippen LogP contribution in [0.25, 0.3) is 0 Å². The maximum absolute atomic E-state index is 8.36. The van der Waals surface area contributed by atoms with Gasteiger partial charge >= 0.3 is 0 Å². The molecule has 1 heterocycles. The topological polar surface area (TPSA) is 99.7 Å². The van der Waals surface area contributed by atoms with E-state index in [0.29, 0.717) is 16.7 Å². The quantitative estimate of drug-likeness (QED) is 0.375. The van der Waals surface area contributed by atoms with Gasteiger partial charge in [-0.25, -0.2) is 4.98 Å². The Balaban J connectivity index is 0.000000735. The first-order valence-electron chi connectivity index (χ1n) is 8.90. The Bertz CT molecular complexity index is 917. The minimum absolute atomic E-state index is 0.187. The molecule has 0 aliphatic heterocycles. The van der Waals surface area contributed by atoms with E-state index in [1.54, 1.807) is 25.7 Å². The third-order valence-corrected chi connectivity index (χ3v) is 4.75. The maximum atomic E-state index is 8.36. The summed E-state index contributed by atoms with van der Waals surface area (Å²) in [5.74, 6) is 1.81. The van der Waals surface area contributed by atoms with Gasteiger partial charge in [-0.1, -0.05) is 29.3 Å². The highest BCUT2D eigenvalue weighted by Gasteiger charge is 2.16. The second kappa shape index (κ2) is 11.9. The number of halogens is 2. The SMILES string of the molecule is COc1ccc(OCCC(Cn2ccnc2)c2ccc(Cl)cc2Cl)cc1.O=[N+]([O-])O. The fourth-order valence-corrected chi connectivity index (χ4v) is 3.38. The zero-order chi connectivity index (χ0) is 21.9. The van der Waals surface area contributed by atoms with Gasteiger partial charge in [-0.05, 0) is 48.4 Å². The van der Waals surface area contributed by atoms with E-state index in [0.717, 1.165) is 30.0 Å². The Morgan fingerprint density at radius 3 is 2.43 bits per heavy atom. The van der Waals surface area contributed by atoms with Crippen LogP contribution >= 0.6 is 23.2 Å². The van der Waals surface area contributed by atoms with Gasteiger partial charge < -0.3 is 19.2 Å². The Hall–Kier alpha value is -2.97. The Morgan fingerprint density at radius 2 is 1.87 bits per heavy atom. The summed E-state index contributed by atoms with van der Waals surface area (Å²) in [7, 11) is 1.65. The molecule has 10 heteroatoms. The summed E-state index contributed by atoms with van der Waals surface area (Å²) in [4.78, 5) is 12.5. The molecule has 1 unspecified atom stereocenters. The number of nitrogens with zero attached hydrogens (tertiary/aromatic N) is 3. The van der Waals surface area contributed by atoms with E-state index in [-0.39, 0.29) is 5.92 Å². The first-order chi connectivity index (χ1) is 14.4. The molecule has 0 amide bonds. The fourth-order valence-electron chi connectivity index (χ4n) is 2.82. The molecule has 160 valence electrons. The van der Waals surface area contributed by atoms with E-state index >= 15 is 0 Å². The second-order valence-electron chi connectivity index (χ2n) is 6.17.